The largest absolute Gasteiger partial charge is 0.416 e. The molecule has 124 valence electrons. The van der Waals surface area contributed by atoms with E-state index in [1.165, 1.54) is 6.07 Å². The highest BCUT2D eigenvalue weighted by atomic mass is 19.4. The van der Waals surface area contributed by atoms with Crippen LogP contribution in [0.4, 0.5) is 18.9 Å². The quantitative estimate of drug-likeness (QED) is 0.909. The summed E-state index contributed by atoms with van der Waals surface area (Å²) in [6.45, 7) is 1.35. The smallest absolute Gasteiger partial charge is 0.381 e. The molecule has 0 saturated carbocycles. The van der Waals surface area contributed by atoms with Crippen LogP contribution >= 0.6 is 0 Å². The molecule has 2 N–H and O–H groups in total. The lowest BCUT2D eigenvalue weighted by Crippen LogP contribution is -2.43. The number of hydrogen-bond acceptors (Lipinski definition) is 3. The van der Waals surface area contributed by atoms with Gasteiger partial charge in [-0.1, -0.05) is 6.07 Å². The average Bonchev–Trinajstić information content (AvgIpc) is 2.53. The molecule has 1 amide bonds. The second-order valence-corrected chi connectivity index (χ2v) is 5.78. The highest BCUT2D eigenvalue weighted by Gasteiger charge is 2.34. The summed E-state index contributed by atoms with van der Waals surface area (Å²) < 4.78 is 44.3. The van der Waals surface area contributed by atoms with Crippen molar-refractivity contribution in [2.75, 3.05) is 24.7 Å². The number of primary amides is 1. The lowest BCUT2D eigenvalue weighted by molar-refractivity contribution is -0.137. The van der Waals surface area contributed by atoms with Crippen molar-refractivity contribution in [2.45, 2.75) is 25.1 Å². The molecule has 1 aromatic rings. The van der Waals surface area contributed by atoms with Crippen molar-refractivity contribution in [1.82, 2.24) is 0 Å². The molecule has 1 aromatic carbocycles. The van der Waals surface area contributed by atoms with E-state index in [1.807, 2.05) is 4.90 Å². The Labute approximate surface area is 131 Å². The van der Waals surface area contributed by atoms with Crippen LogP contribution in [0, 0.1) is 0 Å². The highest BCUT2D eigenvalue weighted by Crippen LogP contribution is 2.38. The molecule has 2 aliphatic rings. The number of ether oxygens (including phenoxy) is 1. The van der Waals surface area contributed by atoms with Crippen molar-refractivity contribution >= 4 is 17.7 Å². The molecule has 2 aliphatic heterocycles. The fourth-order valence-corrected chi connectivity index (χ4v) is 3.06. The van der Waals surface area contributed by atoms with Crippen molar-refractivity contribution in [1.29, 1.82) is 0 Å². The van der Waals surface area contributed by atoms with E-state index in [2.05, 4.69) is 0 Å². The fourth-order valence-electron chi connectivity index (χ4n) is 3.06. The van der Waals surface area contributed by atoms with Crippen LogP contribution in [-0.4, -0.2) is 31.7 Å². The molecule has 3 rings (SSSR count). The minimum atomic E-state index is -4.40. The zero-order chi connectivity index (χ0) is 16.6. The molecule has 7 heteroatoms. The number of alkyl halides is 3. The lowest BCUT2D eigenvalue weighted by Gasteiger charge is -2.39. The second kappa shape index (κ2) is 5.88. The molecule has 0 aromatic heterocycles. The number of carbonyl (C=O) groups is 1. The maximum absolute atomic E-state index is 13.0. The van der Waals surface area contributed by atoms with Crippen LogP contribution < -0.4 is 10.6 Å². The van der Waals surface area contributed by atoms with E-state index >= 15 is 0 Å². The first-order valence-corrected chi connectivity index (χ1v) is 7.42. The van der Waals surface area contributed by atoms with Gasteiger partial charge >= 0.3 is 6.18 Å². The van der Waals surface area contributed by atoms with Gasteiger partial charge in [-0.2, -0.15) is 13.2 Å². The normalized spacial score (nSPS) is 19.3. The molecule has 0 aliphatic carbocycles. The minimum absolute atomic E-state index is 0.0361. The van der Waals surface area contributed by atoms with E-state index in [0.29, 0.717) is 42.9 Å². The average molecular weight is 326 g/mol. The highest BCUT2D eigenvalue weighted by molar-refractivity contribution is 6.00. The SMILES string of the molecule is NC(=O)C1=Cc2ccc(C(F)(F)F)cc2N(C2CCOCC2)C1. The Bertz CT molecular complexity index is 649. The summed E-state index contributed by atoms with van der Waals surface area (Å²) in [5, 5.41) is 0. The molecular weight excluding hydrogens is 309 g/mol. The van der Waals surface area contributed by atoms with Gasteiger partial charge in [-0.25, -0.2) is 0 Å². The second-order valence-electron chi connectivity index (χ2n) is 5.78. The predicted molar refractivity (Wildman–Crippen MR) is 79.8 cm³/mol. The van der Waals surface area contributed by atoms with Gasteiger partial charge in [0.1, 0.15) is 0 Å². The molecule has 23 heavy (non-hydrogen) atoms. The number of nitrogens with zero attached hydrogens (tertiary/aromatic N) is 1. The molecule has 2 heterocycles. The zero-order valence-electron chi connectivity index (χ0n) is 12.4. The predicted octanol–water partition coefficient (Wildman–Crippen LogP) is 2.57. The van der Waals surface area contributed by atoms with Gasteiger partial charge in [0, 0.05) is 37.1 Å². The topological polar surface area (TPSA) is 55.6 Å². The van der Waals surface area contributed by atoms with E-state index in [4.69, 9.17) is 10.5 Å². The Balaban J connectivity index is 2.04. The first-order valence-electron chi connectivity index (χ1n) is 7.42. The Morgan fingerprint density at radius 2 is 1.96 bits per heavy atom. The third kappa shape index (κ3) is 3.19. The van der Waals surface area contributed by atoms with Crippen molar-refractivity contribution in [2.24, 2.45) is 5.73 Å². The van der Waals surface area contributed by atoms with Gasteiger partial charge in [-0.05, 0) is 36.6 Å². The number of hydrogen-bond donors (Lipinski definition) is 1. The Morgan fingerprint density at radius 3 is 2.57 bits per heavy atom. The number of nitrogens with two attached hydrogens (primary N) is 1. The van der Waals surface area contributed by atoms with Crippen LogP contribution in [0.25, 0.3) is 6.08 Å². The molecule has 0 radical (unpaired) electrons. The van der Waals surface area contributed by atoms with Crippen LogP contribution in [0.5, 0.6) is 0 Å². The van der Waals surface area contributed by atoms with Crippen LogP contribution in [0.2, 0.25) is 0 Å². The number of anilines is 1. The third-order valence-corrected chi connectivity index (χ3v) is 4.29. The van der Waals surface area contributed by atoms with Crippen molar-refractivity contribution in [3.8, 4) is 0 Å². The number of fused-ring (bicyclic) bond motifs is 1. The minimum Gasteiger partial charge on any atom is -0.381 e. The van der Waals surface area contributed by atoms with Gasteiger partial charge in [0.2, 0.25) is 5.91 Å². The van der Waals surface area contributed by atoms with Gasteiger partial charge in [0.25, 0.3) is 0 Å². The first kappa shape index (κ1) is 15.9. The Kier molecular flexibility index (Phi) is 4.06. The summed E-state index contributed by atoms with van der Waals surface area (Å²) in [6, 6.07) is 3.61. The van der Waals surface area contributed by atoms with Crippen molar-refractivity contribution < 1.29 is 22.7 Å². The van der Waals surface area contributed by atoms with Gasteiger partial charge < -0.3 is 15.4 Å². The van der Waals surface area contributed by atoms with Crippen LogP contribution in [0.3, 0.4) is 0 Å². The molecule has 0 unspecified atom stereocenters. The van der Waals surface area contributed by atoms with E-state index in [0.717, 1.165) is 12.1 Å². The van der Waals surface area contributed by atoms with Gasteiger partial charge in [0.15, 0.2) is 0 Å². The number of amides is 1. The number of rotatable bonds is 2. The van der Waals surface area contributed by atoms with Crippen molar-refractivity contribution in [3.63, 3.8) is 0 Å². The summed E-state index contributed by atoms with van der Waals surface area (Å²) in [6.07, 6.45) is -1.40. The van der Waals surface area contributed by atoms with E-state index < -0.39 is 17.6 Å². The van der Waals surface area contributed by atoms with Crippen LogP contribution in [-0.2, 0) is 15.7 Å². The van der Waals surface area contributed by atoms with E-state index in [-0.39, 0.29) is 12.6 Å². The van der Waals surface area contributed by atoms with Crippen LogP contribution in [0.1, 0.15) is 24.0 Å². The standard InChI is InChI=1S/C16H17F3N2O2/c17-16(18,19)12-2-1-10-7-11(15(20)22)9-21(14(10)8-12)13-3-5-23-6-4-13/h1-2,7-8,13H,3-6,9H2,(H2,20,22). The maximum Gasteiger partial charge on any atom is 0.416 e. The summed E-state index contributed by atoms with van der Waals surface area (Å²) in [7, 11) is 0. The number of carbonyl (C=O) groups excluding carboxylic acids is 1. The summed E-state index contributed by atoms with van der Waals surface area (Å²) >= 11 is 0. The summed E-state index contributed by atoms with van der Waals surface area (Å²) in [5.41, 5.74) is 6.18. The molecule has 0 bridgehead atoms. The monoisotopic (exact) mass is 326 g/mol. The number of benzene rings is 1. The molecule has 4 nitrogen and oxygen atoms in total. The lowest BCUT2D eigenvalue weighted by atomic mass is 9.96. The Morgan fingerprint density at radius 1 is 1.26 bits per heavy atom. The van der Waals surface area contributed by atoms with Gasteiger partial charge in [0.05, 0.1) is 5.56 Å². The molecule has 1 fully saturated rings. The molecular formula is C16H17F3N2O2. The summed E-state index contributed by atoms with van der Waals surface area (Å²) in [5.74, 6) is -0.549. The molecule has 1 saturated heterocycles. The van der Waals surface area contributed by atoms with Crippen molar-refractivity contribution in [3.05, 3.63) is 34.9 Å². The molecule has 0 spiro atoms. The van der Waals surface area contributed by atoms with E-state index in [9.17, 15) is 18.0 Å². The molecule has 0 atom stereocenters. The zero-order valence-corrected chi connectivity index (χ0v) is 12.4. The maximum atomic E-state index is 13.0. The third-order valence-electron chi connectivity index (χ3n) is 4.29. The first-order chi connectivity index (χ1) is 10.9. The summed E-state index contributed by atoms with van der Waals surface area (Å²) in [4.78, 5) is 13.4. The number of halogens is 3. The Hall–Kier alpha value is -2.02. The van der Waals surface area contributed by atoms with Crippen LogP contribution in [0.15, 0.2) is 23.8 Å². The van der Waals surface area contributed by atoms with E-state index in [1.54, 1.807) is 6.08 Å². The van der Waals surface area contributed by atoms with Gasteiger partial charge in [-0.3, -0.25) is 4.79 Å². The van der Waals surface area contributed by atoms with Gasteiger partial charge in [-0.15, -0.1) is 0 Å². The fraction of sp³-hybridized carbons (Fsp3) is 0.438.